The van der Waals surface area contributed by atoms with Crippen molar-refractivity contribution in [3.8, 4) is 5.75 Å². The van der Waals surface area contributed by atoms with E-state index >= 15 is 0 Å². The van der Waals surface area contributed by atoms with E-state index in [2.05, 4.69) is 0 Å². The predicted octanol–water partition coefficient (Wildman–Crippen LogP) is 2.30. The van der Waals surface area contributed by atoms with Crippen molar-refractivity contribution in [1.29, 1.82) is 0 Å². The SMILES string of the molecule is Cc1cccc(O)c1C=CCC=O. The van der Waals surface area contributed by atoms with Gasteiger partial charge in [0.2, 0.25) is 0 Å². The van der Waals surface area contributed by atoms with Crippen molar-refractivity contribution < 1.29 is 9.90 Å². The van der Waals surface area contributed by atoms with Crippen LogP contribution < -0.4 is 0 Å². The minimum absolute atomic E-state index is 0.252. The number of phenolic OH excluding ortho intramolecular Hbond substituents is 1. The summed E-state index contributed by atoms with van der Waals surface area (Å²) in [5.41, 5.74) is 1.78. The standard InChI is InChI=1S/C11H12O2/c1-9-5-4-7-11(13)10(9)6-2-3-8-12/h2,4-8,13H,3H2,1H3. The van der Waals surface area contributed by atoms with E-state index in [1.807, 2.05) is 13.0 Å². The van der Waals surface area contributed by atoms with Gasteiger partial charge in [0.05, 0.1) is 0 Å². The molecular formula is C11H12O2. The van der Waals surface area contributed by atoms with Crippen molar-refractivity contribution in [3.63, 3.8) is 0 Å². The Morgan fingerprint density at radius 2 is 2.23 bits per heavy atom. The van der Waals surface area contributed by atoms with Crippen molar-refractivity contribution >= 4 is 12.4 Å². The smallest absolute Gasteiger partial charge is 0.123 e. The molecule has 1 aromatic carbocycles. The molecule has 0 saturated heterocycles. The summed E-state index contributed by atoms with van der Waals surface area (Å²) in [6.07, 6.45) is 4.70. The molecule has 0 spiro atoms. The van der Waals surface area contributed by atoms with Crippen LogP contribution in [0.15, 0.2) is 24.3 Å². The van der Waals surface area contributed by atoms with Gasteiger partial charge in [0.1, 0.15) is 12.0 Å². The zero-order valence-electron chi connectivity index (χ0n) is 7.53. The van der Waals surface area contributed by atoms with Gasteiger partial charge in [-0.15, -0.1) is 0 Å². The molecule has 13 heavy (non-hydrogen) atoms. The lowest BCUT2D eigenvalue weighted by atomic mass is 10.1. The highest BCUT2D eigenvalue weighted by Crippen LogP contribution is 2.21. The average Bonchev–Trinajstić information content (AvgIpc) is 2.10. The fourth-order valence-corrected chi connectivity index (χ4v) is 1.12. The molecule has 0 heterocycles. The maximum Gasteiger partial charge on any atom is 0.123 e. The van der Waals surface area contributed by atoms with Crippen LogP contribution in [0, 0.1) is 6.92 Å². The second-order valence-electron chi connectivity index (χ2n) is 2.81. The number of benzene rings is 1. The van der Waals surface area contributed by atoms with Crippen LogP contribution in [0.3, 0.4) is 0 Å². The maximum atomic E-state index is 10.1. The molecule has 0 amide bonds. The summed E-state index contributed by atoms with van der Waals surface area (Å²) >= 11 is 0. The molecule has 68 valence electrons. The number of carbonyl (C=O) groups excluding carboxylic acids is 1. The fraction of sp³-hybridized carbons (Fsp3) is 0.182. The second kappa shape index (κ2) is 4.45. The lowest BCUT2D eigenvalue weighted by molar-refractivity contribution is -0.107. The molecular weight excluding hydrogens is 164 g/mol. The highest BCUT2D eigenvalue weighted by Gasteiger charge is 1.98. The summed E-state index contributed by atoms with van der Waals surface area (Å²) in [4.78, 5) is 10.1. The van der Waals surface area contributed by atoms with E-state index in [4.69, 9.17) is 0 Å². The molecule has 0 unspecified atom stereocenters. The van der Waals surface area contributed by atoms with E-state index in [-0.39, 0.29) is 5.75 Å². The van der Waals surface area contributed by atoms with E-state index in [0.29, 0.717) is 6.42 Å². The first-order valence-electron chi connectivity index (χ1n) is 4.14. The molecule has 1 rings (SSSR count). The zero-order valence-corrected chi connectivity index (χ0v) is 7.53. The Balaban J connectivity index is 2.92. The molecule has 0 atom stereocenters. The van der Waals surface area contributed by atoms with Crippen LogP contribution in [0.4, 0.5) is 0 Å². The first kappa shape index (κ1) is 9.52. The van der Waals surface area contributed by atoms with Gasteiger partial charge in [-0.3, -0.25) is 0 Å². The Morgan fingerprint density at radius 3 is 2.85 bits per heavy atom. The van der Waals surface area contributed by atoms with Crippen molar-refractivity contribution in [3.05, 3.63) is 35.4 Å². The van der Waals surface area contributed by atoms with Gasteiger partial charge in [0.25, 0.3) is 0 Å². The summed E-state index contributed by atoms with van der Waals surface area (Å²) in [5.74, 6) is 0.252. The molecule has 2 heteroatoms. The number of phenols is 1. The van der Waals surface area contributed by atoms with E-state index < -0.39 is 0 Å². The first-order chi connectivity index (χ1) is 6.25. The quantitative estimate of drug-likeness (QED) is 0.717. The monoisotopic (exact) mass is 176 g/mol. The number of hydrogen-bond acceptors (Lipinski definition) is 2. The third kappa shape index (κ3) is 2.44. The topological polar surface area (TPSA) is 37.3 Å². The zero-order chi connectivity index (χ0) is 9.68. The van der Waals surface area contributed by atoms with E-state index in [9.17, 15) is 9.90 Å². The molecule has 0 bridgehead atoms. The summed E-state index contributed by atoms with van der Waals surface area (Å²) in [5, 5.41) is 9.45. The van der Waals surface area contributed by atoms with Crippen LogP contribution in [0.1, 0.15) is 17.5 Å². The third-order valence-corrected chi connectivity index (χ3v) is 1.82. The van der Waals surface area contributed by atoms with Crippen LogP contribution in [0.2, 0.25) is 0 Å². The van der Waals surface area contributed by atoms with Crippen LogP contribution in [0.25, 0.3) is 6.08 Å². The summed E-state index contributed by atoms with van der Waals surface area (Å²) in [6.45, 7) is 1.92. The van der Waals surface area contributed by atoms with Gasteiger partial charge in [-0.1, -0.05) is 24.3 Å². The predicted molar refractivity (Wildman–Crippen MR) is 52.6 cm³/mol. The number of allylic oxidation sites excluding steroid dienone is 1. The summed E-state index contributed by atoms with van der Waals surface area (Å²) in [7, 11) is 0. The van der Waals surface area contributed by atoms with E-state index in [0.717, 1.165) is 17.4 Å². The maximum absolute atomic E-state index is 10.1. The van der Waals surface area contributed by atoms with E-state index in [1.165, 1.54) is 0 Å². The second-order valence-corrected chi connectivity index (χ2v) is 2.81. The fourth-order valence-electron chi connectivity index (χ4n) is 1.12. The molecule has 0 fully saturated rings. The highest BCUT2D eigenvalue weighted by molar-refractivity contribution is 5.63. The lowest BCUT2D eigenvalue weighted by Crippen LogP contribution is -1.80. The number of aryl methyl sites for hydroxylation is 1. The van der Waals surface area contributed by atoms with E-state index in [1.54, 1.807) is 24.3 Å². The average molecular weight is 176 g/mol. The molecule has 0 aliphatic carbocycles. The minimum atomic E-state index is 0.252. The molecule has 0 aliphatic heterocycles. The Bertz CT molecular complexity index is 307. The molecule has 2 nitrogen and oxygen atoms in total. The Hall–Kier alpha value is -1.57. The van der Waals surface area contributed by atoms with Gasteiger partial charge in [-0.05, 0) is 18.6 Å². The van der Waals surface area contributed by atoms with Crippen molar-refractivity contribution in [2.45, 2.75) is 13.3 Å². The summed E-state index contributed by atoms with van der Waals surface area (Å²) < 4.78 is 0. The van der Waals surface area contributed by atoms with Crippen molar-refractivity contribution in [2.24, 2.45) is 0 Å². The van der Waals surface area contributed by atoms with Crippen LogP contribution in [-0.4, -0.2) is 11.4 Å². The number of hydrogen-bond donors (Lipinski definition) is 1. The molecule has 0 saturated carbocycles. The van der Waals surface area contributed by atoms with Crippen molar-refractivity contribution in [2.75, 3.05) is 0 Å². The van der Waals surface area contributed by atoms with Crippen LogP contribution >= 0.6 is 0 Å². The van der Waals surface area contributed by atoms with Gasteiger partial charge >= 0.3 is 0 Å². The summed E-state index contributed by atoms with van der Waals surface area (Å²) in [6, 6.07) is 5.34. The highest BCUT2D eigenvalue weighted by atomic mass is 16.3. The van der Waals surface area contributed by atoms with Gasteiger partial charge in [-0.2, -0.15) is 0 Å². The Labute approximate surface area is 77.5 Å². The molecule has 0 aromatic heterocycles. The normalized spacial score (nSPS) is 10.5. The van der Waals surface area contributed by atoms with Gasteiger partial charge < -0.3 is 9.90 Å². The van der Waals surface area contributed by atoms with Crippen LogP contribution in [0.5, 0.6) is 5.75 Å². The molecule has 1 aromatic rings. The Morgan fingerprint density at radius 1 is 1.46 bits per heavy atom. The molecule has 0 aliphatic rings. The van der Waals surface area contributed by atoms with Crippen molar-refractivity contribution in [1.82, 2.24) is 0 Å². The number of carbonyl (C=O) groups is 1. The molecule has 0 radical (unpaired) electrons. The minimum Gasteiger partial charge on any atom is -0.507 e. The van der Waals surface area contributed by atoms with Crippen LogP contribution in [-0.2, 0) is 4.79 Å². The number of rotatable bonds is 3. The number of aromatic hydroxyl groups is 1. The third-order valence-electron chi connectivity index (χ3n) is 1.82. The van der Waals surface area contributed by atoms with Gasteiger partial charge in [0, 0.05) is 12.0 Å². The Kier molecular flexibility index (Phi) is 3.26. The lowest BCUT2D eigenvalue weighted by Gasteiger charge is -2.01. The molecule has 1 N–H and O–H groups in total. The number of aldehydes is 1. The largest absolute Gasteiger partial charge is 0.507 e. The van der Waals surface area contributed by atoms with Gasteiger partial charge in [-0.25, -0.2) is 0 Å². The van der Waals surface area contributed by atoms with Gasteiger partial charge in [0.15, 0.2) is 0 Å². The first-order valence-corrected chi connectivity index (χ1v) is 4.14.